The van der Waals surface area contributed by atoms with Crippen molar-refractivity contribution in [3.63, 3.8) is 0 Å². The Bertz CT molecular complexity index is 2000. The normalized spacial score (nSPS) is 12.4. The molecule has 0 bridgehead atoms. The maximum atomic E-state index is 15.1. The number of nitrogens with zero attached hydrogens (tertiary/aromatic N) is 3. The summed E-state index contributed by atoms with van der Waals surface area (Å²) in [6.07, 6.45) is -2.99. The predicted octanol–water partition coefficient (Wildman–Crippen LogP) is 5.34. The average Bonchev–Trinajstić information content (AvgIpc) is 3.03. The van der Waals surface area contributed by atoms with Crippen LogP contribution in [0, 0.1) is 18.6 Å². The number of pyridine rings is 2. The summed E-state index contributed by atoms with van der Waals surface area (Å²) in [6, 6.07) is 7.97. The van der Waals surface area contributed by atoms with Crippen molar-refractivity contribution in [3.05, 3.63) is 89.3 Å². The first kappa shape index (κ1) is 37.2. The molecule has 0 unspecified atom stereocenters. The average molecular weight is 694 g/mol. The molecule has 4 radical (unpaired) electrons. The van der Waals surface area contributed by atoms with Gasteiger partial charge in [-0.05, 0) is 55.8 Å². The Kier molecular flexibility index (Phi) is 11.1. The minimum absolute atomic E-state index is 0.00980. The number of allylic oxidation sites excluding steroid dienone is 3. The predicted molar refractivity (Wildman–Crippen MR) is 172 cm³/mol. The first-order chi connectivity index (χ1) is 23.4. The molecule has 0 atom stereocenters. The Hall–Kier alpha value is -5.64. The molecule has 4 rings (SSSR count). The van der Waals surface area contributed by atoms with Gasteiger partial charge < -0.3 is 29.4 Å². The van der Waals surface area contributed by atoms with Gasteiger partial charge in [0.1, 0.15) is 22.5 Å². The summed E-state index contributed by atoms with van der Waals surface area (Å²) in [6.45, 7) is 2.55. The van der Waals surface area contributed by atoms with Gasteiger partial charge in [0.25, 0.3) is 11.8 Å². The van der Waals surface area contributed by atoms with Gasteiger partial charge in [0, 0.05) is 23.4 Å². The van der Waals surface area contributed by atoms with Gasteiger partial charge in [-0.3, -0.25) is 19.5 Å². The monoisotopic (exact) mass is 694 g/mol. The number of amides is 2. The fourth-order valence-electron chi connectivity index (χ4n) is 4.41. The van der Waals surface area contributed by atoms with Gasteiger partial charge in [-0.15, -0.1) is 0 Å². The maximum Gasteiger partial charge on any atom is 0.431 e. The second-order valence-electron chi connectivity index (χ2n) is 10.4. The summed E-state index contributed by atoms with van der Waals surface area (Å²) in [5.41, 5.74) is -4.45. The van der Waals surface area contributed by atoms with Gasteiger partial charge in [0.15, 0.2) is 44.6 Å². The zero-order valence-corrected chi connectivity index (χ0v) is 26.6. The number of ether oxygens (including phenoxy) is 4. The minimum atomic E-state index is -5.07. The van der Waals surface area contributed by atoms with Crippen molar-refractivity contribution in [3.8, 4) is 28.9 Å². The number of hydrogen-bond acceptors (Lipinski definition) is 9. The topological polar surface area (TPSA) is 132 Å². The third-order valence-electron chi connectivity index (χ3n) is 6.71. The number of carbonyl (C=O) groups is 2. The summed E-state index contributed by atoms with van der Waals surface area (Å²) < 4.78 is 92.8. The number of benzene rings is 2. The molecular formula is C32H25B2F5N4O7. The maximum absolute atomic E-state index is 15.1. The number of anilines is 2. The minimum Gasteiger partial charge on any atom is -0.491 e. The SMILES string of the molecule is [B]C([B])(O)Oc1ccc(N(C=O)/C(=C\C=C(/C)C(=O)Nc2ccc(Oc3c(F)cnc4cc(OC)c(OC)nc34)c(F)c2)C(F)(F)F)c(C)c1. The molecule has 50 heavy (non-hydrogen) atoms. The van der Waals surface area contributed by atoms with Gasteiger partial charge in [0.2, 0.25) is 6.41 Å². The van der Waals surface area contributed by atoms with E-state index in [1.807, 2.05) is 0 Å². The van der Waals surface area contributed by atoms with E-state index >= 15 is 4.39 Å². The summed E-state index contributed by atoms with van der Waals surface area (Å²) in [5.74, 6) is -3.75. The van der Waals surface area contributed by atoms with Crippen LogP contribution in [-0.2, 0) is 9.59 Å². The van der Waals surface area contributed by atoms with Crippen LogP contribution in [0.2, 0.25) is 0 Å². The van der Waals surface area contributed by atoms with E-state index in [0.717, 1.165) is 36.5 Å². The van der Waals surface area contributed by atoms with Crippen molar-refractivity contribution < 1.29 is 55.6 Å². The van der Waals surface area contributed by atoms with Crippen molar-refractivity contribution in [1.29, 1.82) is 0 Å². The molecule has 0 spiro atoms. The number of nitrogens with one attached hydrogen (secondary N) is 1. The number of alkyl halides is 3. The van der Waals surface area contributed by atoms with Gasteiger partial charge >= 0.3 is 6.18 Å². The molecule has 0 saturated carbocycles. The van der Waals surface area contributed by atoms with Crippen LogP contribution in [0.3, 0.4) is 0 Å². The van der Waals surface area contributed by atoms with Gasteiger partial charge in [0.05, 0.1) is 31.6 Å². The number of carbonyl (C=O) groups excluding carboxylic acids is 2. The van der Waals surface area contributed by atoms with Crippen molar-refractivity contribution in [2.24, 2.45) is 0 Å². The number of aryl methyl sites for hydroxylation is 1. The molecule has 0 saturated heterocycles. The molecule has 0 aliphatic heterocycles. The number of aliphatic hydroxyl groups is 1. The lowest BCUT2D eigenvalue weighted by molar-refractivity contribution is -0.112. The van der Waals surface area contributed by atoms with Crippen molar-refractivity contribution in [2.45, 2.75) is 25.6 Å². The number of halogens is 5. The number of rotatable bonds is 12. The summed E-state index contributed by atoms with van der Waals surface area (Å²) in [7, 11) is 13.0. The van der Waals surface area contributed by atoms with Crippen LogP contribution in [0.15, 0.2) is 72.1 Å². The fraction of sp³-hybridized carbons (Fsp3) is 0.188. The lowest BCUT2D eigenvalue weighted by Gasteiger charge is -2.26. The van der Waals surface area contributed by atoms with Crippen LogP contribution >= 0.6 is 0 Å². The molecular weight excluding hydrogens is 669 g/mol. The highest BCUT2D eigenvalue weighted by Crippen LogP contribution is 2.37. The molecule has 0 aliphatic carbocycles. The van der Waals surface area contributed by atoms with E-state index in [1.165, 1.54) is 46.3 Å². The largest absolute Gasteiger partial charge is 0.491 e. The quantitative estimate of drug-likeness (QED) is 0.0504. The smallest absolute Gasteiger partial charge is 0.431 e. The molecule has 4 aromatic rings. The molecule has 2 amide bonds. The Morgan fingerprint density at radius 3 is 2.30 bits per heavy atom. The summed E-state index contributed by atoms with van der Waals surface area (Å²) >= 11 is 0. The van der Waals surface area contributed by atoms with Gasteiger partial charge in [-0.2, -0.15) is 13.2 Å². The summed E-state index contributed by atoms with van der Waals surface area (Å²) in [4.78, 5) is 33.1. The fourth-order valence-corrected chi connectivity index (χ4v) is 4.41. The van der Waals surface area contributed by atoms with E-state index in [2.05, 4.69) is 15.3 Å². The molecule has 0 aliphatic rings. The van der Waals surface area contributed by atoms with Crippen LogP contribution < -0.4 is 29.2 Å². The number of hydrogen-bond donors (Lipinski definition) is 2. The molecule has 2 aromatic heterocycles. The lowest BCUT2D eigenvalue weighted by Crippen LogP contribution is -2.36. The second kappa shape index (κ2) is 14.9. The Labute approximate surface area is 284 Å². The van der Waals surface area contributed by atoms with E-state index < -0.39 is 46.5 Å². The van der Waals surface area contributed by atoms with Gasteiger partial charge in [-0.25, -0.2) is 13.8 Å². The number of aromatic nitrogens is 2. The molecule has 2 N–H and O–H groups in total. The van der Waals surface area contributed by atoms with Crippen molar-refractivity contribution in [2.75, 3.05) is 24.4 Å². The number of methoxy groups -OCH3 is 2. The van der Waals surface area contributed by atoms with E-state index in [4.69, 9.17) is 34.6 Å². The highest BCUT2D eigenvalue weighted by atomic mass is 19.4. The van der Waals surface area contributed by atoms with E-state index in [1.54, 1.807) is 0 Å². The first-order valence-corrected chi connectivity index (χ1v) is 14.1. The van der Waals surface area contributed by atoms with Crippen LogP contribution in [0.5, 0.6) is 28.9 Å². The molecule has 256 valence electrons. The summed E-state index contributed by atoms with van der Waals surface area (Å²) in [5, 5.41) is 11.7. The highest BCUT2D eigenvalue weighted by Gasteiger charge is 2.38. The third-order valence-corrected chi connectivity index (χ3v) is 6.71. The first-order valence-electron chi connectivity index (χ1n) is 14.1. The zero-order chi connectivity index (χ0) is 37.0. The van der Waals surface area contributed by atoms with Crippen LogP contribution in [0.4, 0.5) is 33.3 Å². The third kappa shape index (κ3) is 8.68. The van der Waals surface area contributed by atoms with E-state index in [9.17, 15) is 32.3 Å². The molecule has 18 heteroatoms. The molecule has 2 heterocycles. The number of fused-ring (bicyclic) bond motifs is 1. The molecule has 0 fully saturated rings. The molecule has 11 nitrogen and oxygen atoms in total. The Morgan fingerprint density at radius 1 is 1.00 bits per heavy atom. The second-order valence-corrected chi connectivity index (χ2v) is 10.4. The highest BCUT2D eigenvalue weighted by molar-refractivity contribution is 6.37. The van der Waals surface area contributed by atoms with Crippen molar-refractivity contribution in [1.82, 2.24) is 9.97 Å². The van der Waals surface area contributed by atoms with Crippen LogP contribution in [0.1, 0.15) is 12.5 Å². The lowest BCUT2D eigenvalue weighted by atomic mass is 9.76. The van der Waals surface area contributed by atoms with Gasteiger partial charge in [-0.1, -0.05) is 6.08 Å². The standard InChI is InChI=1S/C32H25B2F5N4O7/c1-16(5-10-26(31(37,38)39)43(15-44)23-8-7-19(11-17(23)2)50-32(33,34)46)29(45)41-18-6-9-24(20(35)12-18)49-28-21(36)14-40-22-13-25(47-3)30(48-4)42-27(22)28/h5-15,46H,1-4H3,(H,41,45)/b16-5+,26-10-. The van der Waals surface area contributed by atoms with E-state index in [-0.39, 0.29) is 57.3 Å². The zero-order valence-electron chi connectivity index (χ0n) is 26.6. The Balaban J connectivity index is 1.56. The van der Waals surface area contributed by atoms with Crippen molar-refractivity contribution >= 4 is 50.4 Å². The van der Waals surface area contributed by atoms with E-state index in [0.29, 0.717) is 11.0 Å². The van der Waals surface area contributed by atoms with Crippen LogP contribution in [0.25, 0.3) is 11.0 Å². The molecule has 2 aromatic carbocycles. The Morgan fingerprint density at radius 2 is 1.72 bits per heavy atom. The van der Waals surface area contributed by atoms with Crippen LogP contribution in [-0.4, -0.2) is 69.1 Å².